The van der Waals surface area contributed by atoms with E-state index >= 15 is 0 Å². The Morgan fingerprint density at radius 1 is 0.925 bits per heavy atom. The molecule has 1 N–H and O–H groups in total. The molecule has 202 valence electrons. The van der Waals surface area contributed by atoms with Crippen molar-refractivity contribution in [1.29, 1.82) is 0 Å². The number of rotatable bonds is 5. The highest BCUT2D eigenvalue weighted by molar-refractivity contribution is 5.76. The molecule has 0 bridgehead atoms. The van der Waals surface area contributed by atoms with E-state index in [0.29, 0.717) is 19.0 Å². The second-order valence-electron chi connectivity index (χ2n) is 10.9. The van der Waals surface area contributed by atoms with E-state index in [1.807, 2.05) is 34.7 Å². The minimum absolute atomic E-state index is 0.106. The fraction of sp³-hybridized carbons (Fsp3) is 0.235. The minimum Gasteiger partial charge on any atom is -0.334 e. The Morgan fingerprint density at radius 2 is 1.65 bits per heavy atom. The number of nitrogens with one attached hydrogen (secondary N) is 1. The zero-order chi connectivity index (χ0) is 27.8. The summed E-state index contributed by atoms with van der Waals surface area (Å²) in [6, 6.07) is 31.0. The van der Waals surface area contributed by atoms with E-state index in [9.17, 15) is 4.79 Å². The summed E-state index contributed by atoms with van der Waals surface area (Å²) in [7, 11) is 0. The molecule has 1 atom stereocenters. The molecule has 0 radical (unpaired) electrons. The molecule has 1 aliphatic rings. The van der Waals surface area contributed by atoms with Crippen LogP contribution in [-0.4, -0.2) is 25.3 Å². The molecular weight excluding hydrogens is 494 g/mol. The molecule has 3 heterocycles. The van der Waals surface area contributed by atoms with Crippen molar-refractivity contribution in [1.82, 2.24) is 24.6 Å². The molecule has 0 saturated carbocycles. The molecule has 0 aliphatic carbocycles. The Hall–Kier alpha value is -4.58. The molecule has 0 unspecified atom stereocenters. The number of hydrogen-bond acceptors (Lipinski definition) is 2. The molecule has 0 saturated heterocycles. The molecule has 2 aromatic heterocycles. The van der Waals surface area contributed by atoms with Crippen molar-refractivity contribution in [2.24, 2.45) is 0 Å². The molecule has 0 fully saturated rings. The summed E-state index contributed by atoms with van der Waals surface area (Å²) in [5.41, 5.74) is 8.59. The molecule has 1 aliphatic heterocycles. The van der Waals surface area contributed by atoms with E-state index in [4.69, 9.17) is 5.10 Å². The maximum atomic E-state index is 14.1. The second kappa shape index (κ2) is 10.5. The third kappa shape index (κ3) is 4.70. The summed E-state index contributed by atoms with van der Waals surface area (Å²) in [5.74, 6) is 1.41. The van der Waals surface area contributed by atoms with Gasteiger partial charge in [0.1, 0.15) is 5.82 Å². The Morgan fingerprint density at radius 3 is 2.35 bits per heavy atom. The first kappa shape index (κ1) is 25.7. The minimum atomic E-state index is -0.273. The smallest absolute Gasteiger partial charge is 0.318 e. The molecule has 3 aromatic carbocycles. The van der Waals surface area contributed by atoms with Crippen molar-refractivity contribution in [3.05, 3.63) is 136 Å². The SMILES string of the molecule is Cc1ccc(CNC(=O)N2Cc3c(C)nn(-c4ccccc4)c3-n3cccc3[C@@H]2c2ccc(C(C)C)cc2)cc1. The van der Waals surface area contributed by atoms with E-state index in [0.717, 1.165) is 39.6 Å². The molecule has 40 heavy (non-hydrogen) atoms. The lowest BCUT2D eigenvalue weighted by Crippen LogP contribution is -2.41. The van der Waals surface area contributed by atoms with Gasteiger partial charge in [0.05, 0.1) is 29.7 Å². The highest BCUT2D eigenvalue weighted by Crippen LogP contribution is 2.38. The van der Waals surface area contributed by atoms with Crippen LogP contribution in [0.1, 0.15) is 65.0 Å². The normalized spacial score (nSPS) is 14.5. The third-order valence-corrected chi connectivity index (χ3v) is 7.83. The summed E-state index contributed by atoms with van der Waals surface area (Å²) in [6.45, 7) is 9.40. The zero-order valence-electron chi connectivity index (χ0n) is 23.5. The number of amides is 2. The number of fused-ring (bicyclic) bond motifs is 3. The van der Waals surface area contributed by atoms with Gasteiger partial charge >= 0.3 is 6.03 Å². The highest BCUT2D eigenvalue weighted by atomic mass is 16.2. The predicted molar refractivity (Wildman–Crippen MR) is 159 cm³/mol. The monoisotopic (exact) mass is 529 g/mol. The topological polar surface area (TPSA) is 55.1 Å². The Labute approximate surface area is 235 Å². The number of hydrogen-bond donors (Lipinski definition) is 1. The summed E-state index contributed by atoms with van der Waals surface area (Å²) >= 11 is 0. The van der Waals surface area contributed by atoms with Gasteiger partial charge in [-0.15, -0.1) is 0 Å². The van der Waals surface area contributed by atoms with E-state index < -0.39 is 0 Å². The van der Waals surface area contributed by atoms with Crippen LogP contribution in [0.5, 0.6) is 0 Å². The van der Waals surface area contributed by atoms with Crippen LogP contribution in [0.2, 0.25) is 0 Å². The van der Waals surface area contributed by atoms with Crippen LogP contribution in [-0.2, 0) is 13.1 Å². The van der Waals surface area contributed by atoms with Gasteiger partial charge in [-0.1, -0.05) is 86.1 Å². The largest absolute Gasteiger partial charge is 0.334 e. The van der Waals surface area contributed by atoms with Crippen molar-refractivity contribution in [3.63, 3.8) is 0 Å². The van der Waals surface area contributed by atoms with Crippen molar-refractivity contribution < 1.29 is 4.79 Å². The van der Waals surface area contributed by atoms with E-state index in [2.05, 4.69) is 110 Å². The number of carbonyl (C=O) groups is 1. The van der Waals surface area contributed by atoms with Crippen LogP contribution < -0.4 is 5.32 Å². The number of nitrogens with zero attached hydrogens (tertiary/aromatic N) is 4. The Balaban J connectivity index is 1.46. The quantitative estimate of drug-likeness (QED) is 0.261. The van der Waals surface area contributed by atoms with Gasteiger partial charge in [-0.25, -0.2) is 9.48 Å². The van der Waals surface area contributed by atoms with E-state index in [1.165, 1.54) is 11.1 Å². The average molecular weight is 530 g/mol. The molecule has 6 heteroatoms. The summed E-state index contributed by atoms with van der Waals surface area (Å²) in [5, 5.41) is 8.15. The standard InChI is InChI=1S/C34H35N5O/c1-23(2)27-16-18-28(19-17-27)32-31-11-8-20-37(31)33-30(25(4)36-39(33)29-9-6-5-7-10-29)22-38(32)34(40)35-21-26-14-12-24(3)13-15-26/h5-20,23,32H,21-22H2,1-4H3,(H,35,40)/t32-/m0/s1. The first-order chi connectivity index (χ1) is 19.4. The lowest BCUT2D eigenvalue weighted by atomic mass is 9.97. The van der Waals surface area contributed by atoms with Gasteiger partial charge in [0.2, 0.25) is 0 Å². The number of para-hydroxylation sites is 1. The first-order valence-electron chi connectivity index (χ1n) is 13.9. The number of carbonyl (C=O) groups excluding carboxylic acids is 1. The third-order valence-electron chi connectivity index (χ3n) is 7.83. The van der Waals surface area contributed by atoms with Crippen molar-refractivity contribution >= 4 is 6.03 Å². The van der Waals surface area contributed by atoms with Crippen molar-refractivity contribution in [2.75, 3.05) is 0 Å². The van der Waals surface area contributed by atoms with Crippen molar-refractivity contribution in [2.45, 2.75) is 52.7 Å². The van der Waals surface area contributed by atoms with Crippen LogP contribution in [0.15, 0.2) is 97.2 Å². The van der Waals surface area contributed by atoms with Gasteiger partial charge in [0.25, 0.3) is 0 Å². The molecule has 6 rings (SSSR count). The summed E-state index contributed by atoms with van der Waals surface area (Å²) < 4.78 is 4.21. The van der Waals surface area contributed by atoms with Crippen LogP contribution in [0.4, 0.5) is 4.79 Å². The molecule has 0 spiro atoms. The van der Waals surface area contributed by atoms with Crippen molar-refractivity contribution in [3.8, 4) is 11.5 Å². The average Bonchev–Trinajstić information content (AvgIpc) is 3.53. The molecule has 6 nitrogen and oxygen atoms in total. The first-order valence-corrected chi connectivity index (χ1v) is 13.9. The number of urea groups is 1. The number of benzene rings is 3. The van der Waals surface area contributed by atoms with E-state index in [1.54, 1.807) is 0 Å². The summed E-state index contributed by atoms with van der Waals surface area (Å²) in [6.07, 6.45) is 2.08. The molecule has 5 aromatic rings. The fourth-order valence-electron chi connectivity index (χ4n) is 5.55. The van der Waals surface area contributed by atoms with Gasteiger partial charge in [-0.3, -0.25) is 0 Å². The lowest BCUT2D eigenvalue weighted by Gasteiger charge is -2.31. The van der Waals surface area contributed by atoms with Crippen LogP contribution in [0, 0.1) is 13.8 Å². The van der Waals surface area contributed by atoms with Crippen LogP contribution in [0.25, 0.3) is 11.5 Å². The number of aryl methyl sites for hydroxylation is 2. The fourth-order valence-corrected chi connectivity index (χ4v) is 5.55. The van der Waals surface area contributed by atoms with Crippen LogP contribution >= 0.6 is 0 Å². The van der Waals surface area contributed by atoms with Gasteiger partial charge in [-0.2, -0.15) is 5.10 Å². The van der Waals surface area contributed by atoms with Gasteiger partial charge < -0.3 is 14.8 Å². The summed E-state index contributed by atoms with van der Waals surface area (Å²) in [4.78, 5) is 16.0. The molecular formula is C34H35N5O. The van der Waals surface area contributed by atoms with E-state index in [-0.39, 0.29) is 12.1 Å². The predicted octanol–water partition coefficient (Wildman–Crippen LogP) is 7.22. The second-order valence-corrected chi connectivity index (χ2v) is 10.9. The van der Waals surface area contributed by atoms with Crippen LogP contribution in [0.3, 0.4) is 0 Å². The highest BCUT2D eigenvalue weighted by Gasteiger charge is 2.36. The van der Waals surface area contributed by atoms with Gasteiger partial charge in [0.15, 0.2) is 0 Å². The maximum Gasteiger partial charge on any atom is 0.318 e. The Kier molecular flexibility index (Phi) is 6.76. The maximum absolute atomic E-state index is 14.1. The molecule has 2 amide bonds. The Bertz CT molecular complexity index is 1630. The zero-order valence-corrected chi connectivity index (χ0v) is 23.5. The van der Waals surface area contributed by atoms with Gasteiger partial charge in [-0.05, 0) is 60.7 Å². The lowest BCUT2D eigenvalue weighted by molar-refractivity contribution is 0.180. The van der Waals surface area contributed by atoms with Gasteiger partial charge in [0, 0.05) is 18.3 Å². The number of aromatic nitrogens is 3.